The molecule has 0 N–H and O–H groups in total. The molecule has 12 bridgehead atoms. The highest BCUT2D eigenvalue weighted by atomic mass is 15.0. The first kappa shape index (κ1) is 79.3. The SMILES string of the molecule is CC1(C)c2ccccc2-c2c(-n3c4ccccc4c4cc(-c5ccc6c(c5)-c5ccccc5C65C6CC7CC(C6)CC5C7)ccc43)cccc21.N#Cc1cccc(-c2ccc(-n3c4ccccc4c4cc(-c5ccc6c(c5)-c5ccccc5C65C6CC7CC(C6)CC5C7)ccc43)cc2)c1.[2H]c1c([2H])c([2H])c(-c2ccc(-n3c4ccccc4c4cc(-c5ccc6c(c5)-c5ccccc5C65C6CC7CC(C6)CC5C7)ccc43)cc2)c([2H])c1[2H]. The van der Waals surface area contributed by atoms with Crippen molar-refractivity contribution in [2.24, 2.45) is 71.0 Å². The Morgan fingerprint density at radius 1 is 0.233 bits per heavy atom. The van der Waals surface area contributed by atoms with Gasteiger partial charge in [0.15, 0.2) is 0 Å². The summed E-state index contributed by atoms with van der Waals surface area (Å²) >= 11 is 0. The highest BCUT2D eigenvalue weighted by Crippen LogP contribution is 2.74. The summed E-state index contributed by atoms with van der Waals surface area (Å²) in [6.07, 6.45) is 21.4. The minimum Gasteiger partial charge on any atom is -0.309 e. The maximum Gasteiger partial charge on any atom is 0.0991 e. The van der Waals surface area contributed by atoms with Crippen LogP contribution in [0.4, 0.5) is 0 Å². The number of benzene rings is 18. The van der Waals surface area contributed by atoms with Crippen molar-refractivity contribution in [1.82, 2.24) is 13.7 Å². The van der Waals surface area contributed by atoms with Gasteiger partial charge in [-0.3, -0.25) is 0 Å². The van der Waals surface area contributed by atoms with E-state index in [0.29, 0.717) is 11.1 Å². The summed E-state index contributed by atoms with van der Waals surface area (Å²) in [7, 11) is 0. The van der Waals surface area contributed by atoms with Crippen molar-refractivity contribution in [3.05, 3.63) is 450 Å². The van der Waals surface area contributed by atoms with Crippen molar-refractivity contribution < 1.29 is 6.85 Å². The summed E-state index contributed by atoms with van der Waals surface area (Å²) in [5, 5.41) is 16.9. The minimum atomic E-state index is -0.378. The van der Waals surface area contributed by atoms with Crippen molar-refractivity contribution in [3.8, 4) is 123 Å². The summed E-state index contributed by atoms with van der Waals surface area (Å²) in [6.45, 7) is 4.75. The van der Waals surface area contributed by atoms with E-state index in [1.807, 2.05) is 42.5 Å². The van der Waals surface area contributed by atoms with Gasteiger partial charge in [0.1, 0.15) is 0 Å². The first-order chi connectivity index (χ1) is 74.0. The van der Waals surface area contributed by atoms with Crippen LogP contribution in [0.3, 0.4) is 0 Å². The second-order valence-corrected chi connectivity index (χ2v) is 46.8. The highest BCUT2D eigenvalue weighted by Gasteiger charge is 2.65. The Labute approximate surface area is 861 Å². The molecule has 21 aromatic rings. The second-order valence-electron chi connectivity index (χ2n) is 46.8. The Morgan fingerprint density at radius 2 is 0.534 bits per heavy atom. The number of aromatic nitrogens is 3. The van der Waals surface area contributed by atoms with Crippen LogP contribution in [0.5, 0.6) is 0 Å². The van der Waals surface area contributed by atoms with Crippen LogP contribution in [0.1, 0.15) is 167 Å². The fraction of sp³-hybridized carbons (Fsp3) is 0.232. The van der Waals surface area contributed by atoms with Gasteiger partial charge in [-0.05, 0) is 422 Å². The number of nitriles is 1. The predicted octanol–water partition coefficient (Wildman–Crippen LogP) is 36.0. The maximum atomic E-state index is 9.39. The average molecular weight is 1880 g/mol. The van der Waals surface area contributed by atoms with Gasteiger partial charge in [-0.2, -0.15) is 5.26 Å². The Morgan fingerprint density at radius 3 is 0.938 bits per heavy atom. The van der Waals surface area contributed by atoms with Gasteiger partial charge in [0, 0.05) is 70.9 Å². The van der Waals surface area contributed by atoms with Crippen LogP contribution >= 0.6 is 0 Å². The molecule has 4 heteroatoms. The third kappa shape index (κ3) is 11.8. The van der Waals surface area contributed by atoms with E-state index in [0.717, 1.165) is 105 Å². The van der Waals surface area contributed by atoms with Crippen LogP contribution in [0, 0.1) is 82.3 Å². The van der Waals surface area contributed by atoms with Crippen molar-refractivity contribution in [2.75, 3.05) is 0 Å². The predicted molar refractivity (Wildman–Crippen MR) is 602 cm³/mol. The molecule has 16 aliphatic carbocycles. The van der Waals surface area contributed by atoms with E-state index in [9.17, 15) is 5.26 Å². The largest absolute Gasteiger partial charge is 0.309 e. The molecule has 0 radical (unpaired) electrons. The van der Waals surface area contributed by atoms with Gasteiger partial charge in [0.2, 0.25) is 0 Å². The molecular formula is C142H114N4. The third-order valence-electron chi connectivity index (χ3n) is 39.9. The van der Waals surface area contributed by atoms with E-state index in [4.69, 9.17) is 6.85 Å². The smallest absolute Gasteiger partial charge is 0.0991 e. The van der Waals surface area contributed by atoms with Gasteiger partial charge in [0.05, 0.1) is 57.3 Å². The summed E-state index contributed by atoms with van der Waals surface area (Å²) in [5.41, 5.74) is 46.5. The monoisotopic (exact) mass is 1880 g/mol. The fourth-order valence-electron chi connectivity index (χ4n) is 35.0. The Balaban J connectivity index is 0.0000000998. The van der Waals surface area contributed by atoms with Crippen LogP contribution in [-0.2, 0) is 21.7 Å². The van der Waals surface area contributed by atoms with E-state index < -0.39 is 0 Å². The van der Waals surface area contributed by atoms with Crippen LogP contribution in [0.25, 0.3) is 183 Å². The lowest BCUT2D eigenvalue weighted by Crippen LogP contribution is -2.55. The first-order valence-electron chi connectivity index (χ1n) is 56.9. The van der Waals surface area contributed by atoms with E-state index in [2.05, 4.69) is 361 Å². The molecule has 0 saturated heterocycles. The van der Waals surface area contributed by atoms with E-state index in [1.54, 1.807) is 33.4 Å². The van der Waals surface area contributed by atoms with Gasteiger partial charge in [-0.1, -0.05) is 299 Å². The molecule has 702 valence electrons. The van der Waals surface area contributed by atoms with Crippen molar-refractivity contribution in [3.63, 3.8) is 0 Å². The molecule has 12 saturated carbocycles. The third-order valence-corrected chi connectivity index (χ3v) is 39.9. The molecule has 37 rings (SSSR count). The topological polar surface area (TPSA) is 38.6 Å². The zero-order valence-corrected chi connectivity index (χ0v) is 82.5. The van der Waals surface area contributed by atoms with Gasteiger partial charge in [-0.25, -0.2) is 0 Å². The average Bonchev–Trinajstić information content (AvgIpc) is 1.52. The maximum absolute atomic E-state index is 9.39. The zero-order chi connectivity index (χ0) is 100. The Kier molecular flexibility index (Phi) is 17.1. The zero-order valence-electron chi connectivity index (χ0n) is 87.5. The number of hydrogen-bond donors (Lipinski definition) is 0. The Bertz CT molecular complexity index is 9380. The molecule has 3 spiro atoms. The molecule has 4 nitrogen and oxygen atoms in total. The molecule has 12 fully saturated rings. The summed E-state index contributed by atoms with van der Waals surface area (Å²) in [4.78, 5) is 0. The van der Waals surface area contributed by atoms with Crippen molar-refractivity contribution in [1.29, 1.82) is 5.26 Å². The van der Waals surface area contributed by atoms with Crippen LogP contribution < -0.4 is 0 Å². The minimum absolute atomic E-state index is 0.0324. The molecule has 3 heterocycles. The molecule has 0 unspecified atom stereocenters. The summed E-state index contributed by atoms with van der Waals surface area (Å²) in [6, 6.07) is 139. The van der Waals surface area contributed by atoms with Gasteiger partial charge < -0.3 is 13.7 Å². The van der Waals surface area contributed by atoms with Gasteiger partial charge in [0.25, 0.3) is 0 Å². The van der Waals surface area contributed by atoms with E-state index >= 15 is 0 Å². The van der Waals surface area contributed by atoms with Crippen LogP contribution in [0.15, 0.2) is 400 Å². The molecule has 3 aromatic heterocycles. The van der Waals surface area contributed by atoms with Gasteiger partial charge >= 0.3 is 0 Å². The fourth-order valence-corrected chi connectivity index (χ4v) is 35.0. The number of hydrogen-bond acceptors (Lipinski definition) is 1. The number of rotatable bonds is 8. The molecule has 0 amide bonds. The first-order valence-corrected chi connectivity index (χ1v) is 54.4. The number of para-hydroxylation sites is 3. The standard InChI is InChI=1S/C49H41N.C47H36N2.C46H37N/c1-48(2)40-13-6-4-12-37(40)47-43(48)15-9-17-46(47)50-44-16-8-5-11-36(44)39-28-32(19-21-45(39)50)31-18-20-42-38(27-31)35-10-3-7-14-41(35)49(42)33-23-29-22-30(25-33)26-34(49)24-29;48-28-29-6-5-7-33(21-29)32-12-16-38(17-13-32)49-45-11-4-2-9-40(45)42-27-35(15-19-46(42)49)34-14-18-44-41(26-34)39-8-1-3-10-43(39)47(44)36-22-30-20-31(24-36)25-37(47)23-30;1-2-8-31(9-3-1)32-14-18-37(19-15-32)47-44-13-7-5-11-39(44)41-28-34(17-21-45(41)47)33-16-20-43-40(27-33)38-10-4-6-12-42(38)46(43)35-23-29-22-30(25-35)26-36(46)24-29/h3-21,27-30,33-34H,22-26H2,1-2H3;1-19,21,26-27,30-31,36-37H,20,22-25H2;1-21,27-30,35-36H,22-26H2/i;;1D,2D,3D,8D,9D. The van der Waals surface area contributed by atoms with Crippen LogP contribution in [-0.4, -0.2) is 13.7 Å². The van der Waals surface area contributed by atoms with E-state index in [1.165, 1.54) is 245 Å². The molecule has 0 aliphatic heterocycles. The molecule has 0 atom stereocenters. The molecule has 16 aliphatic rings. The number of nitrogens with zero attached hydrogens (tertiary/aromatic N) is 4. The lowest BCUT2D eigenvalue weighted by molar-refractivity contribution is -0.0399. The quantitative estimate of drug-likeness (QED) is 0.149. The van der Waals surface area contributed by atoms with Crippen molar-refractivity contribution >= 4 is 65.4 Å². The lowest BCUT2D eigenvalue weighted by atomic mass is 9.43. The van der Waals surface area contributed by atoms with Gasteiger partial charge in [-0.15, -0.1) is 0 Å². The molecular weight excluding hydrogens is 1760 g/mol. The number of fused-ring (bicyclic) bond motifs is 21. The normalized spacial score (nSPS) is 25.7. The second kappa shape index (κ2) is 31.4. The summed E-state index contributed by atoms with van der Waals surface area (Å²) < 4.78 is 48.4. The molecule has 18 aromatic carbocycles. The Hall–Kier alpha value is -15.2. The molecule has 146 heavy (non-hydrogen) atoms. The highest BCUT2D eigenvalue weighted by molar-refractivity contribution is 6.14. The van der Waals surface area contributed by atoms with Crippen LogP contribution in [0.2, 0.25) is 0 Å². The van der Waals surface area contributed by atoms with E-state index in [-0.39, 0.29) is 57.4 Å². The summed E-state index contributed by atoms with van der Waals surface area (Å²) in [5.74, 6) is 10.4. The van der Waals surface area contributed by atoms with Crippen molar-refractivity contribution in [2.45, 2.75) is 132 Å². The lowest BCUT2D eigenvalue weighted by Gasteiger charge is -2.61.